The van der Waals surface area contributed by atoms with E-state index in [1.54, 1.807) is 12.1 Å². The van der Waals surface area contributed by atoms with Gasteiger partial charge in [0.2, 0.25) is 10.0 Å². The van der Waals surface area contributed by atoms with E-state index in [1.165, 1.54) is 0 Å². The standard InChI is InChI=1S/C12H17NO4S/c1-9-6-10(2)8-11(7-9)13-18(16,17)5-3-4-12(14)15/h6-8,13H,3-5H2,1-2H3,(H,14,15). The third-order valence-corrected chi connectivity index (χ3v) is 3.67. The van der Waals surface area contributed by atoms with Gasteiger partial charge in [0.15, 0.2) is 0 Å². The quantitative estimate of drug-likeness (QED) is 0.827. The molecule has 0 radical (unpaired) electrons. The Morgan fingerprint density at radius 1 is 1.22 bits per heavy atom. The maximum atomic E-state index is 11.7. The number of nitrogens with one attached hydrogen (secondary N) is 1. The van der Waals surface area contributed by atoms with Crippen LogP contribution in [-0.4, -0.2) is 25.2 Å². The molecule has 0 bridgehead atoms. The average molecular weight is 271 g/mol. The molecule has 0 amide bonds. The van der Waals surface area contributed by atoms with Gasteiger partial charge in [0.1, 0.15) is 0 Å². The molecule has 0 atom stereocenters. The second-order valence-electron chi connectivity index (χ2n) is 4.29. The molecule has 0 unspecified atom stereocenters. The van der Waals surface area contributed by atoms with Gasteiger partial charge in [-0.3, -0.25) is 9.52 Å². The highest BCUT2D eigenvalue weighted by Crippen LogP contribution is 2.15. The van der Waals surface area contributed by atoms with Gasteiger partial charge in [-0.2, -0.15) is 0 Å². The van der Waals surface area contributed by atoms with Gasteiger partial charge < -0.3 is 5.11 Å². The molecular formula is C12H17NO4S. The molecular weight excluding hydrogens is 254 g/mol. The predicted molar refractivity (Wildman–Crippen MR) is 70.2 cm³/mol. The molecule has 0 spiro atoms. The summed E-state index contributed by atoms with van der Waals surface area (Å²) in [6.07, 6.45) is -0.0385. The molecule has 1 aromatic rings. The predicted octanol–water partition coefficient (Wildman–Crippen LogP) is 1.91. The molecule has 2 N–H and O–H groups in total. The van der Waals surface area contributed by atoms with Gasteiger partial charge in [0.25, 0.3) is 0 Å². The lowest BCUT2D eigenvalue weighted by Crippen LogP contribution is -2.17. The van der Waals surface area contributed by atoms with E-state index in [2.05, 4.69) is 4.72 Å². The van der Waals surface area contributed by atoms with Crippen molar-refractivity contribution in [3.63, 3.8) is 0 Å². The number of rotatable bonds is 6. The molecule has 0 aliphatic rings. The number of hydrogen-bond donors (Lipinski definition) is 2. The molecule has 0 fully saturated rings. The van der Waals surface area contributed by atoms with E-state index in [0.717, 1.165) is 11.1 Å². The Morgan fingerprint density at radius 2 is 1.78 bits per heavy atom. The zero-order chi connectivity index (χ0) is 13.8. The first-order chi connectivity index (χ1) is 8.28. The van der Waals surface area contributed by atoms with E-state index in [4.69, 9.17) is 5.11 Å². The van der Waals surface area contributed by atoms with Gasteiger partial charge in [0.05, 0.1) is 5.75 Å². The average Bonchev–Trinajstić information content (AvgIpc) is 2.12. The van der Waals surface area contributed by atoms with E-state index >= 15 is 0 Å². The molecule has 6 heteroatoms. The molecule has 0 saturated heterocycles. The van der Waals surface area contributed by atoms with Crippen LogP contribution >= 0.6 is 0 Å². The third-order valence-electron chi connectivity index (χ3n) is 2.30. The summed E-state index contributed by atoms with van der Waals surface area (Å²) in [5.41, 5.74) is 2.46. The molecule has 18 heavy (non-hydrogen) atoms. The third kappa shape index (κ3) is 5.18. The van der Waals surface area contributed by atoms with Crippen molar-refractivity contribution < 1.29 is 18.3 Å². The highest BCUT2D eigenvalue weighted by atomic mass is 32.2. The van der Waals surface area contributed by atoms with Crippen molar-refractivity contribution in [3.05, 3.63) is 29.3 Å². The second kappa shape index (κ2) is 5.86. The molecule has 1 aromatic carbocycles. The SMILES string of the molecule is Cc1cc(C)cc(NS(=O)(=O)CCCC(=O)O)c1. The van der Waals surface area contributed by atoms with Crippen LogP contribution in [0.5, 0.6) is 0 Å². The number of sulfonamides is 1. The molecule has 0 aromatic heterocycles. The van der Waals surface area contributed by atoms with E-state index in [1.807, 2.05) is 19.9 Å². The van der Waals surface area contributed by atoms with Gasteiger partial charge in [-0.25, -0.2) is 8.42 Å². The fourth-order valence-electron chi connectivity index (χ4n) is 1.68. The number of anilines is 1. The lowest BCUT2D eigenvalue weighted by Gasteiger charge is -2.09. The zero-order valence-electron chi connectivity index (χ0n) is 10.4. The highest BCUT2D eigenvalue weighted by Gasteiger charge is 2.11. The highest BCUT2D eigenvalue weighted by molar-refractivity contribution is 7.92. The Hall–Kier alpha value is -1.56. The molecule has 0 saturated carbocycles. The van der Waals surface area contributed by atoms with Crippen LogP contribution in [0.15, 0.2) is 18.2 Å². The summed E-state index contributed by atoms with van der Waals surface area (Å²) in [5.74, 6) is -1.18. The van der Waals surface area contributed by atoms with Gasteiger partial charge in [0, 0.05) is 12.1 Å². The minimum absolute atomic E-state index is 0.107. The van der Waals surface area contributed by atoms with Gasteiger partial charge in [-0.15, -0.1) is 0 Å². The minimum atomic E-state index is -3.48. The summed E-state index contributed by atoms with van der Waals surface area (Å²) in [4.78, 5) is 10.3. The van der Waals surface area contributed by atoms with Gasteiger partial charge in [-0.05, 0) is 43.5 Å². The maximum Gasteiger partial charge on any atom is 0.303 e. The Balaban J connectivity index is 2.67. The van der Waals surface area contributed by atoms with E-state index < -0.39 is 16.0 Å². The summed E-state index contributed by atoms with van der Waals surface area (Å²) in [6.45, 7) is 3.77. The molecule has 5 nitrogen and oxygen atoms in total. The van der Waals surface area contributed by atoms with Crippen molar-refractivity contribution in [3.8, 4) is 0 Å². The maximum absolute atomic E-state index is 11.7. The first kappa shape index (κ1) is 14.5. The number of aryl methyl sites for hydroxylation is 2. The van der Waals surface area contributed by atoms with Crippen LogP contribution in [0, 0.1) is 13.8 Å². The summed E-state index contributed by atoms with van der Waals surface area (Å²) >= 11 is 0. The van der Waals surface area contributed by atoms with Crippen molar-refractivity contribution in [2.24, 2.45) is 0 Å². The number of hydrogen-bond acceptors (Lipinski definition) is 3. The molecule has 0 aliphatic carbocycles. The summed E-state index contributed by atoms with van der Waals surface area (Å²) in [5, 5.41) is 8.46. The fourth-order valence-corrected chi connectivity index (χ4v) is 2.78. The fraction of sp³-hybridized carbons (Fsp3) is 0.417. The van der Waals surface area contributed by atoms with Gasteiger partial charge in [-0.1, -0.05) is 6.07 Å². The number of carboxylic acids is 1. The smallest absolute Gasteiger partial charge is 0.303 e. The lowest BCUT2D eigenvalue weighted by molar-refractivity contribution is -0.137. The van der Waals surface area contributed by atoms with Crippen molar-refractivity contribution in [1.82, 2.24) is 0 Å². The molecule has 0 aliphatic heterocycles. The first-order valence-electron chi connectivity index (χ1n) is 5.59. The largest absolute Gasteiger partial charge is 0.481 e. The van der Waals surface area contributed by atoms with Crippen molar-refractivity contribution in [1.29, 1.82) is 0 Å². The molecule has 100 valence electrons. The molecule has 1 rings (SSSR count). The number of aliphatic carboxylic acids is 1. The molecule has 0 heterocycles. The summed E-state index contributed by atoms with van der Waals surface area (Å²) < 4.78 is 25.9. The Morgan fingerprint density at radius 3 is 2.28 bits per heavy atom. The zero-order valence-corrected chi connectivity index (χ0v) is 11.3. The number of carbonyl (C=O) groups is 1. The van der Waals surface area contributed by atoms with Crippen LogP contribution in [0.1, 0.15) is 24.0 Å². The summed E-state index contributed by atoms with van der Waals surface area (Å²) in [7, 11) is -3.48. The van der Waals surface area contributed by atoms with Crippen molar-refractivity contribution in [2.45, 2.75) is 26.7 Å². The van der Waals surface area contributed by atoms with Crippen LogP contribution in [-0.2, 0) is 14.8 Å². The summed E-state index contributed by atoms with van der Waals surface area (Å²) in [6, 6.07) is 5.42. The minimum Gasteiger partial charge on any atom is -0.481 e. The van der Waals surface area contributed by atoms with Crippen LogP contribution in [0.3, 0.4) is 0 Å². The Labute approximate surface area is 107 Å². The van der Waals surface area contributed by atoms with Crippen LogP contribution in [0.4, 0.5) is 5.69 Å². The normalized spacial score (nSPS) is 11.2. The Kier molecular flexibility index (Phi) is 4.72. The van der Waals surface area contributed by atoms with Crippen molar-refractivity contribution >= 4 is 21.7 Å². The second-order valence-corrected chi connectivity index (χ2v) is 6.14. The van der Waals surface area contributed by atoms with Crippen LogP contribution in [0.25, 0.3) is 0 Å². The Bertz CT molecular complexity index is 517. The van der Waals surface area contributed by atoms with Crippen LogP contribution < -0.4 is 4.72 Å². The van der Waals surface area contributed by atoms with Gasteiger partial charge >= 0.3 is 5.97 Å². The number of benzene rings is 1. The van der Waals surface area contributed by atoms with E-state index in [0.29, 0.717) is 5.69 Å². The monoisotopic (exact) mass is 271 g/mol. The lowest BCUT2D eigenvalue weighted by atomic mass is 10.1. The van der Waals surface area contributed by atoms with E-state index in [-0.39, 0.29) is 18.6 Å². The van der Waals surface area contributed by atoms with Crippen LogP contribution in [0.2, 0.25) is 0 Å². The van der Waals surface area contributed by atoms with E-state index in [9.17, 15) is 13.2 Å². The van der Waals surface area contributed by atoms with Crippen molar-refractivity contribution in [2.75, 3.05) is 10.5 Å². The number of carboxylic acid groups (broad SMARTS) is 1. The topological polar surface area (TPSA) is 83.5 Å². The first-order valence-corrected chi connectivity index (χ1v) is 7.24.